The Labute approximate surface area is 293 Å². The van der Waals surface area contributed by atoms with Crippen molar-refractivity contribution in [2.45, 2.75) is 50.1 Å². The van der Waals surface area contributed by atoms with E-state index in [0.717, 1.165) is 45.6 Å². The second-order valence-corrected chi connectivity index (χ2v) is 14.2. The monoisotopic (exact) mass is 701 g/mol. The van der Waals surface area contributed by atoms with Crippen LogP contribution in [0.1, 0.15) is 50.3 Å². The van der Waals surface area contributed by atoms with Crippen LogP contribution in [0.25, 0.3) is 0 Å². The fraction of sp³-hybridized carbons (Fsp3) is 0.444. The Morgan fingerprint density at radius 3 is 2.36 bits per heavy atom. The zero-order chi connectivity index (χ0) is 35.5. The van der Waals surface area contributed by atoms with E-state index < -0.39 is 27.5 Å². The number of sulfonamides is 1. The van der Waals surface area contributed by atoms with Gasteiger partial charge in [-0.3, -0.25) is 9.69 Å². The molecule has 6 rings (SSSR count). The van der Waals surface area contributed by atoms with Crippen molar-refractivity contribution < 1.29 is 27.5 Å². The van der Waals surface area contributed by atoms with Crippen LogP contribution < -0.4 is 19.1 Å². The number of nitrogens with zero attached hydrogens (tertiary/aromatic N) is 6. The number of carbonyl (C=O) groups is 2. The van der Waals surface area contributed by atoms with Crippen LogP contribution in [-0.2, 0) is 20.4 Å². The average Bonchev–Trinajstić information content (AvgIpc) is 3.39. The van der Waals surface area contributed by atoms with E-state index in [2.05, 4.69) is 33.1 Å². The fourth-order valence-corrected chi connectivity index (χ4v) is 8.83. The molecule has 50 heavy (non-hydrogen) atoms. The fourth-order valence-electron chi connectivity index (χ4n) is 7.23. The van der Waals surface area contributed by atoms with Gasteiger partial charge in [0.05, 0.1) is 36.1 Å². The minimum atomic E-state index is -4.62. The number of carbonyl (C=O) groups excluding carboxylic acids is 2. The van der Waals surface area contributed by atoms with Gasteiger partial charge in [0.1, 0.15) is 10.6 Å². The Kier molecular flexibility index (Phi) is 10.3. The minimum Gasteiger partial charge on any atom is -0.492 e. The summed E-state index contributed by atoms with van der Waals surface area (Å²) in [6, 6.07) is 15.5. The molecule has 1 aromatic heterocycles. The first-order valence-electron chi connectivity index (χ1n) is 17.2. The molecule has 14 heteroatoms. The van der Waals surface area contributed by atoms with Crippen molar-refractivity contribution in [3.8, 4) is 17.7 Å². The lowest BCUT2D eigenvalue weighted by atomic mass is 9.83. The Hall–Kier alpha value is -4.71. The molecule has 3 amide bonds. The molecule has 264 valence electrons. The molecule has 2 saturated heterocycles. The molecular weight excluding hydrogens is 659 g/mol. The molecule has 13 nitrogen and oxygen atoms in total. The Bertz CT molecular complexity index is 1880. The number of piperidine rings is 1. The van der Waals surface area contributed by atoms with Gasteiger partial charge in [-0.2, -0.15) is 9.57 Å². The molecule has 1 atom stereocenters. The van der Waals surface area contributed by atoms with Crippen LogP contribution in [0.4, 0.5) is 10.5 Å². The summed E-state index contributed by atoms with van der Waals surface area (Å²) in [6.45, 7) is 12.0. The zero-order valence-electron chi connectivity index (χ0n) is 28.7. The number of para-hydroxylation sites is 1. The number of likely N-dealkylation sites (tertiary alicyclic amines) is 1. The molecule has 3 aliphatic rings. The lowest BCUT2D eigenvalue weighted by Crippen LogP contribution is -2.59. The first-order chi connectivity index (χ1) is 24.2. The van der Waals surface area contributed by atoms with Gasteiger partial charge in [0.25, 0.3) is 15.9 Å². The summed E-state index contributed by atoms with van der Waals surface area (Å²) in [5.74, 6) is -0.828. The number of hydrogen-bond donors (Lipinski definition) is 1. The number of pyridine rings is 1. The van der Waals surface area contributed by atoms with Crippen LogP contribution >= 0.6 is 0 Å². The quantitative estimate of drug-likeness (QED) is 0.333. The summed E-state index contributed by atoms with van der Waals surface area (Å²) < 4.78 is 41.4. The predicted octanol–water partition coefficient (Wildman–Crippen LogP) is 3.54. The maximum atomic E-state index is 15.2. The van der Waals surface area contributed by atoms with E-state index in [1.54, 1.807) is 43.0 Å². The summed E-state index contributed by atoms with van der Waals surface area (Å²) in [5, 5.41) is 12.9. The third kappa shape index (κ3) is 6.25. The van der Waals surface area contributed by atoms with E-state index in [9.17, 15) is 18.5 Å². The molecule has 1 N–H and O–H groups in total. The van der Waals surface area contributed by atoms with Crippen molar-refractivity contribution in [1.82, 2.24) is 25.0 Å². The molecule has 0 radical (unpaired) electrons. The van der Waals surface area contributed by atoms with Crippen LogP contribution in [-0.4, -0.2) is 105 Å². The number of urea groups is 1. The smallest absolute Gasteiger partial charge is 0.318 e. The number of nitriles is 1. The van der Waals surface area contributed by atoms with E-state index in [1.807, 2.05) is 0 Å². The molecule has 3 aliphatic heterocycles. The number of amides is 3. The molecule has 3 aromatic rings. The first-order valence-corrected chi connectivity index (χ1v) is 18.6. The molecular formula is C36H43N7O6S. The zero-order valence-corrected chi connectivity index (χ0v) is 29.5. The highest BCUT2D eigenvalue weighted by Gasteiger charge is 2.59. The van der Waals surface area contributed by atoms with Crippen molar-refractivity contribution in [2.75, 3.05) is 63.3 Å². The van der Waals surface area contributed by atoms with E-state index in [1.165, 1.54) is 36.5 Å². The first kappa shape index (κ1) is 35.1. The number of anilines is 1. The highest BCUT2D eigenvalue weighted by Crippen LogP contribution is 2.49. The Morgan fingerprint density at radius 2 is 1.68 bits per heavy atom. The number of benzene rings is 2. The van der Waals surface area contributed by atoms with Crippen molar-refractivity contribution in [3.05, 3.63) is 77.5 Å². The average molecular weight is 702 g/mol. The maximum Gasteiger partial charge on any atom is 0.318 e. The number of fused-ring (bicyclic) bond motifs is 1. The number of ether oxygens (including phenoxy) is 2. The summed E-state index contributed by atoms with van der Waals surface area (Å²) in [4.78, 5) is 40.3. The summed E-state index contributed by atoms with van der Waals surface area (Å²) >= 11 is 0. The van der Waals surface area contributed by atoms with E-state index >= 15 is 4.79 Å². The maximum absolute atomic E-state index is 15.2. The minimum absolute atomic E-state index is 0.00293. The molecule has 0 bridgehead atoms. The Morgan fingerprint density at radius 1 is 0.960 bits per heavy atom. The normalized spacial score (nSPS) is 20.3. The highest BCUT2D eigenvalue weighted by atomic mass is 32.2. The van der Waals surface area contributed by atoms with Gasteiger partial charge in [0, 0.05) is 57.1 Å². The number of hydrogen-bond acceptors (Lipinski definition) is 10. The second-order valence-electron chi connectivity index (χ2n) is 12.5. The SMILES string of the molecule is CCOc1ccccc1S(=O)(=O)N1C(=O)C(NC(=O)N2CCC(N3CCN(CC)CC3)CC2)(c2cccnc2OCC)c2cc(C#N)ccc21. The van der Waals surface area contributed by atoms with Crippen LogP contribution in [0, 0.1) is 11.3 Å². The van der Waals surface area contributed by atoms with Gasteiger partial charge >= 0.3 is 6.03 Å². The number of piperazine rings is 1. The predicted molar refractivity (Wildman–Crippen MR) is 186 cm³/mol. The van der Waals surface area contributed by atoms with Crippen molar-refractivity contribution >= 4 is 27.6 Å². The number of aromatic nitrogens is 1. The second kappa shape index (κ2) is 14.6. The molecule has 4 heterocycles. The molecule has 2 aromatic carbocycles. The van der Waals surface area contributed by atoms with Crippen molar-refractivity contribution in [2.24, 2.45) is 0 Å². The number of likely N-dealkylation sites (N-methyl/N-ethyl adjacent to an activating group) is 1. The van der Waals surface area contributed by atoms with Crippen molar-refractivity contribution in [1.29, 1.82) is 5.26 Å². The van der Waals surface area contributed by atoms with Crippen LogP contribution in [0.3, 0.4) is 0 Å². The van der Waals surface area contributed by atoms with Gasteiger partial charge < -0.3 is 24.6 Å². The Balaban J connectivity index is 1.42. The largest absolute Gasteiger partial charge is 0.492 e. The van der Waals surface area contributed by atoms with E-state index in [0.29, 0.717) is 23.4 Å². The molecule has 2 fully saturated rings. The van der Waals surface area contributed by atoms with Crippen LogP contribution in [0.5, 0.6) is 11.6 Å². The lowest BCUT2D eigenvalue weighted by Gasteiger charge is -2.43. The third-order valence-electron chi connectivity index (χ3n) is 9.79. The topological polar surface area (TPSA) is 148 Å². The molecule has 0 spiro atoms. The molecule has 1 unspecified atom stereocenters. The standard InChI is InChI=1S/C36H43N7O6S/c1-4-40-20-22-41(23-21-40)27-15-18-42(19-16-27)35(45)39-36(28-10-9-17-38-33(28)49-6-3)29-24-26(25-37)13-14-30(29)43(34(36)44)50(46,47)32-12-8-7-11-31(32)48-5-2/h7-14,17,24,27H,4-6,15-16,18-23H2,1-3H3,(H,39,45). The van der Waals surface area contributed by atoms with Crippen molar-refractivity contribution in [3.63, 3.8) is 0 Å². The summed E-state index contributed by atoms with van der Waals surface area (Å²) in [5.41, 5.74) is -1.67. The number of nitrogens with one attached hydrogen (secondary N) is 1. The molecule has 0 saturated carbocycles. The van der Waals surface area contributed by atoms with Crippen LogP contribution in [0.2, 0.25) is 0 Å². The third-order valence-corrected chi connectivity index (χ3v) is 11.5. The van der Waals surface area contributed by atoms with Gasteiger partial charge in [0.15, 0.2) is 5.54 Å². The van der Waals surface area contributed by atoms with E-state index in [-0.39, 0.29) is 52.1 Å². The summed E-state index contributed by atoms with van der Waals surface area (Å²) in [6.07, 6.45) is 3.02. The van der Waals surface area contributed by atoms with Crippen LogP contribution in [0.15, 0.2) is 65.7 Å². The van der Waals surface area contributed by atoms with Gasteiger partial charge in [-0.25, -0.2) is 18.2 Å². The summed E-state index contributed by atoms with van der Waals surface area (Å²) in [7, 11) is -4.62. The van der Waals surface area contributed by atoms with Gasteiger partial charge in [-0.15, -0.1) is 0 Å². The van der Waals surface area contributed by atoms with Gasteiger partial charge in [-0.05, 0) is 75.7 Å². The van der Waals surface area contributed by atoms with Gasteiger partial charge in [-0.1, -0.05) is 19.1 Å². The molecule has 0 aliphatic carbocycles. The number of rotatable bonds is 10. The highest BCUT2D eigenvalue weighted by molar-refractivity contribution is 7.93. The lowest BCUT2D eigenvalue weighted by molar-refractivity contribution is -0.121. The van der Waals surface area contributed by atoms with Gasteiger partial charge in [0.2, 0.25) is 5.88 Å². The van der Waals surface area contributed by atoms with E-state index in [4.69, 9.17) is 9.47 Å².